The minimum atomic E-state index is -0.395. The second-order valence-corrected chi connectivity index (χ2v) is 10.2. The molecule has 0 N–H and O–H groups in total. The lowest BCUT2D eigenvalue weighted by molar-refractivity contribution is -0.135. The smallest absolute Gasteiger partial charge is 0.257 e. The van der Waals surface area contributed by atoms with Crippen molar-refractivity contribution in [3.05, 3.63) is 35.8 Å². The number of piperidine rings is 1. The fraction of sp³-hybridized carbons (Fsp3) is 0.538. The molecule has 0 spiro atoms. The molecule has 1 aliphatic carbocycles. The van der Waals surface area contributed by atoms with Crippen LogP contribution in [0.2, 0.25) is 0 Å². The molecular formula is C26H30FN5O2. The van der Waals surface area contributed by atoms with Gasteiger partial charge in [0, 0.05) is 56.3 Å². The molecule has 34 heavy (non-hydrogen) atoms. The molecule has 2 saturated heterocycles. The maximum Gasteiger partial charge on any atom is 0.257 e. The number of rotatable bonds is 3. The number of nitriles is 1. The third kappa shape index (κ3) is 4.08. The van der Waals surface area contributed by atoms with Crippen molar-refractivity contribution in [1.82, 2.24) is 14.8 Å². The highest BCUT2D eigenvalue weighted by Gasteiger charge is 2.38. The van der Waals surface area contributed by atoms with Gasteiger partial charge in [0.2, 0.25) is 5.91 Å². The maximum atomic E-state index is 14.3. The average molecular weight is 464 g/mol. The number of anilines is 1. The van der Waals surface area contributed by atoms with E-state index in [1.54, 1.807) is 12.3 Å². The molecule has 3 fully saturated rings. The third-order valence-corrected chi connectivity index (χ3v) is 7.61. The van der Waals surface area contributed by atoms with Crippen LogP contribution in [-0.2, 0) is 4.79 Å². The first kappa shape index (κ1) is 22.6. The lowest BCUT2D eigenvalue weighted by atomic mass is 9.81. The van der Waals surface area contributed by atoms with Crippen molar-refractivity contribution in [2.75, 3.05) is 37.6 Å². The van der Waals surface area contributed by atoms with E-state index < -0.39 is 5.41 Å². The highest BCUT2D eigenvalue weighted by Crippen LogP contribution is 2.38. The molecule has 1 aromatic heterocycles. The molecule has 1 saturated carbocycles. The number of amides is 2. The Morgan fingerprint density at radius 3 is 2.56 bits per heavy atom. The van der Waals surface area contributed by atoms with Crippen LogP contribution < -0.4 is 4.90 Å². The summed E-state index contributed by atoms with van der Waals surface area (Å²) in [7, 11) is 0. The Morgan fingerprint density at radius 1 is 1.18 bits per heavy atom. The standard InChI is InChI=1S/C26H30FN5O2/c1-17-15-31(24(33)18-3-4-18)11-12-32(17)25(34)21-14-29-22-6-5-19(27)13-20(22)23(21)30-9-7-26(2,16-28)8-10-30/h5-6,13-14,17-18H,3-4,7-12,15H2,1-2H3/t17-/m0/s1. The van der Waals surface area contributed by atoms with E-state index >= 15 is 0 Å². The largest absolute Gasteiger partial charge is 0.370 e. The number of nitrogens with zero attached hydrogens (tertiary/aromatic N) is 5. The maximum absolute atomic E-state index is 14.3. The first-order chi connectivity index (χ1) is 16.3. The van der Waals surface area contributed by atoms with Crippen molar-refractivity contribution in [2.24, 2.45) is 11.3 Å². The van der Waals surface area contributed by atoms with Gasteiger partial charge < -0.3 is 14.7 Å². The number of piperazine rings is 1. The number of benzene rings is 1. The van der Waals surface area contributed by atoms with Gasteiger partial charge in [0.05, 0.1) is 28.3 Å². The van der Waals surface area contributed by atoms with E-state index in [0.717, 1.165) is 12.8 Å². The van der Waals surface area contributed by atoms with Gasteiger partial charge in [0.25, 0.3) is 5.91 Å². The fourth-order valence-corrected chi connectivity index (χ4v) is 5.19. The molecular weight excluding hydrogens is 433 g/mol. The summed E-state index contributed by atoms with van der Waals surface area (Å²) in [5.41, 5.74) is 1.38. The van der Waals surface area contributed by atoms with E-state index in [1.807, 2.05) is 23.6 Å². The van der Waals surface area contributed by atoms with Crippen molar-refractivity contribution in [1.29, 1.82) is 5.26 Å². The van der Waals surface area contributed by atoms with Crippen molar-refractivity contribution < 1.29 is 14.0 Å². The van der Waals surface area contributed by atoms with Gasteiger partial charge in [0.15, 0.2) is 0 Å². The summed E-state index contributed by atoms with van der Waals surface area (Å²) in [6, 6.07) is 6.75. The molecule has 178 valence electrons. The Hall–Kier alpha value is -3.21. The zero-order valence-electron chi connectivity index (χ0n) is 19.8. The molecule has 0 unspecified atom stereocenters. The van der Waals surface area contributed by atoms with Crippen molar-refractivity contribution in [2.45, 2.75) is 45.6 Å². The SMILES string of the molecule is C[C@H]1CN(C(=O)C2CC2)CCN1C(=O)c1cnc2ccc(F)cc2c1N1CCC(C)(C#N)CC1. The van der Waals surface area contributed by atoms with Crippen molar-refractivity contribution >= 4 is 28.4 Å². The molecule has 5 rings (SSSR count). The Labute approximate surface area is 199 Å². The zero-order valence-corrected chi connectivity index (χ0v) is 19.8. The highest BCUT2D eigenvalue weighted by atomic mass is 19.1. The second kappa shape index (κ2) is 8.53. The molecule has 8 heteroatoms. The molecule has 7 nitrogen and oxygen atoms in total. The van der Waals surface area contributed by atoms with E-state index in [-0.39, 0.29) is 29.6 Å². The molecule has 1 aromatic carbocycles. The van der Waals surface area contributed by atoms with Crippen LogP contribution in [0.15, 0.2) is 24.4 Å². The van der Waals surface area contributed by atoms with Gasteiger partial charge in [-0.3, -0.25) is 14.6 Å². The summed E-state index contributed by atoms with van der Waals surface area (Å²) in [4.78, 5) is 36.6. The van der Waals surface area contributed by atoms with Crippen LogP contribution in [-0.4, -0.2) is 65.4 Å². The summed E-state index contributed by atoms with van der Waals surface area (Å²) >= 11 is 0. The quantitative estimate of drug-likeness (QED) is 0.695. The number of carbonyl (C=O) groups is 2. The van der Waals surface area contributed by atoms with Crippen LogP contribution in [0.1, 0.15) is 49.9 Å². The van der Waals surface area contributed by atoms with Crippen LogP contribution in [0, 0.1) is 28.5 Å². The van der Waals surface area contributed by atoms with E-state index in [9.17, 15) is 19.2 Å². The van der Waals surface area contributed by atoms with Crippen LogP contribution >= 0.6 is 0 Å². The number of carbonyl (C=O) groups excluding carboxylic acids is 2. The van der Waals surface area contributed by atoms with E-state index in [2.05, 4.69) is 16.0 Å². The molecule has 0 bridgehead atoms. The summed E-state index contributed by atoms with van der Waals surface area (Å²) in [6.45, 7) is 6.67. The lowest BCUT2D eigenvalue weighted by Crippen LogP contribution is -2.56. The predicted molar refractivity (Wildman–Crippen MR) is 127 cm³/mol. The van der Waals surface area contributed by atoms with Crippen LogP contribution in [0.5, 0.6) is 0 Å². The molecule has 3 aliphatic rings. The number of hydrogen-bond acceptors (Lipinski definition) is 5. The van der Waals surface area contributed by atoms with E-state index in [0.29, 0.717) is 67.7 Å². The first-order valence-electron chi connectivity index (χ1n) is 12.1. The molecule has 2 aromatic rings. The average Bonchev–Trinajstić information content (AvgIpc) is 3.68. The number of pyridine rings is 1. The van der Waals surface area contributed by atoms with Gasteiger partial charge in [-0.2, -0.15) is 5.26 Å². The van der Waals surface area contributed by atoms with Crippen molar-refractivity contribution in [3.8, 4) is 6.07 Å². The van der Waals surface area contributed by atoms with Gasteiger partial charge in [0.1, 0.15) is 5.82 Å². The number of fused-ring (bicyclic) bond motifs is 1. The number of hydrogen-bond donors (Lipinski definition) is 0. The molecule has 2 amide bonds. The highest BCUT2D eigenvalue weighted by molar-refractivity contribution is 6.07. The summed E-state index contributed by atoms with van der Waals surface area (Å²) < 4.78 is 14.3. The van der Waals surface area contributed by atoms with Gasteiger partial charge in [-0.15, -0.1) is 0 Å². The summed E-state index contributed by atoms with van der Waals surface area (Å²) in [6.07, 6.45) is 4.89. The van der Waals surface area contributed by atoms with Crippen LogP contribution in [0.4, 0.5) is 10.1 Å². The first-order valence-corrected chi connectivity index (χ1v) is 12.1. The minimum Gasteiger partial charge on any atom is -0.370 e. The molecule has 3 heterocycles. The van der Waals surface area contributed by atoms with Crippen LogP contribution in [0.3, 0.4) is 0 Å². The third-order valence-electron chi connectivity index (χ3n) is 7.61. The lowest BCUT2D eigenvalue weighted by Gasteiger charge is -2.41. The van der Waals surface area contributed by atoms with Crippen molar-refractivity contribution in [3.63, 3.8) is 0 Å². The minimum absolute atomic E-state index is 0.122. The van der Waals surface area contributed by atoms with Gasteiger partial charge >= 0.3 is 0 Å². The Kier molecular flexibility index (Phi) is 5.67. The second-order valence-electron chi connectivity index (χ2n) is 10.2. The Morgan fingerprint density at radius 2 is 1.91 bits per heavy atom. The van der Waals surface area contributed by atoms with Gasteiger partial charge in [-0.1, -0.05) is 0 Å². The topological polar surface area (TPSA) is 80.5 Å². The zero-order chi connectivity index (χ0) is 24.0. The Balaban J connectivity index is 1.47. The van der Waals surface area contributed by atoms with Crippen LogP contribution in [0.25, 0.3) is 10.9 Å². The summed E-state index contributed by atoms with van der Waals surface area (Å²) in [5, 5.41) is 10.2. The monoisotopic (exact) mass is 463 g/mol. The fourth-order valence-electron chi connectivity index (χ4n) is 5.19. The Bertz CT molecular complexity index is 1180. The number of aromatic nitrogens is 1. The molecule has 2 aliphatic heterocycles. The number of halogens is 1. The van der Waals surface area contributed by atoms with E-state index in [1.165, 1.54) is 12.1 Å². The van der Waals surface area contributed by atoms with Gasteiger partial charge in [-0.05, 0) is 57.7 Å². The molecule has 0 radical (unpaired) electrons. The van der Waals surface area contributed by atoms with E-state index in [4.69, 9.17) is 0 Å². The normalized spacial score (nSPS) is 22.5. The molecule has 1 atom stereocenters. The summed E-state index contributed by atoms with van der Waals surface area (Å²) in [5.74, 6) is -0.150. The van der Waals surface area contributed by atoms with Gasteiger partial charge in [-0.25, -0.2) is 4.39 Å². The predicted octanol–water partition coefficient (Wildman–Crippen LogP) is 3.59.